The van der Waals surface area contributed by atoms with Crippen LogP contribution in [0.25, 0.3) is 0 Å². The lowest BCUT2D eigenvalue weighted by Crippen LogP contribution is -2.26. The van der Waals surface area contributed by atoms with Gasteiger partial charge in [-0.05, 0) is 26.8 Å². The Morgan fingerprint density at radius 2 is 2.14 bits per heavy atom. The standard InChI is InChI=1S/C14H21N5O2/c1-4-18-12(5-11(3)17-18)8-19-14(20)6-13(7-16-19)21-9-10(2)15/h5-7,10H,4,8-9,15H2,1-3H3. The zero-order valence-electron chi connectivity index (χ0n) is 12.6. The molecule has 1 unspecified atom stereocenters. The molecule has 2 heterocycles. The first-order valence-corrected chi connectivity index (χ1v) is 6.98. The molecule has 0 aromatic carbocycles. The second-order valence-electron chi connectivity index (χ2n) is 5.07. The average Bonchev–Trinajstić information content (AvgIpc) is 2.79. The Morgan fingerprint density at radius 1 is 1.38 bits per heavy atom. The number of ether oxygens (including phenoxy) is 1. The van der Waals surface area contributed by atoms with Crippen LogP contribution in [-0.2, 0) is 13.1 Å². The van der Waals surface area contributed by atoms with Crippen LogP contribution in [0.15, 0.2) is 23.1 Å². The number of aryl methyl sites for hydroxylation is 2. The molecule has 0 fully saturated rings. The van der Waals surface area contributed by atoms with Crippen LogP contribution in [0.2, 0.25) is 0 Å². The summed E-state index contributed by atoms with van der Waals surface area (Å²) < 4.78 is 8.64. The number of hydrogen-bond donors (Lipinski definition) is 1. The van der Waals surface area contributed by atoms with Gasteiger partial charge in [0.05, 0.1) is 24.1 Å². The minimum atomic E-state index is -0.210. The summed E-state index contributed by atoms with van der Waals surface area (Å²) in [6.07, 6.45) is 1.53. The monoisotopic (exact) mass is 291 g/mol. The van der Waals surface area contributed by atoms with Crippen molar-refractivity contribution < 1.29 is 4.74 Å². The smallest absolute Gasteiger partial charge is 0.270 e. The summed E-state index contributed by atoms with van der Waals surface area (Å²) in [4.78, 5) is 12.1. The first-order chi connectivity index (χ1) is 9.99. The van der Waals surface area contributed by atoms with Crippen LogP contribution in [-0.4, -0.2) is 32.2 Å². The lowest BCUT2D eigenvalue weighted by molar-refractivity contribution is 0.293. The van der Waals surface area contributed by atoms with Crippen LogP contribution in [0.5, 0.6) is 5.75 Å². The normalized spacial score (nSPS) is 12.4. The van der Waals surface area contributed by atoms with Gasteiger partial charge in [-0.25, -0.2) is 4.68 Å². The molecule has 21 heavy (non-hydrogen) atoms. The minimum absolute atomic E-state index is 0.0886. The zero-order valence-corrected chi connectivity index (χ0v) is 12.6. The Bertz CT molecular complexity index is 660. The molecule has 2 aromatic heterocycles. The number of rotatable bonds is 6. The zero-order chi connectivity index (χ0) is 15.4. The van der Waals surface area contributed by atoms with Gasteiger partial charge in [0.2, 0.25) is 0 Å². The topological polar surface area (TPSA) is 88.0 Å². The molecule has 0 radical (unpaired) electrons. The summed E-state index contributed by atoms with van der Waals surface area (Å²) in [5.41, 5.74) is 7.28. The van der Waals surface area contributed by atoms with Gasteiger partial charge in [-0.1, -0.05) is 0 Å². The second-order valence-corrected chi connectivity index (χ2v) is 5.07. The first kappa shape index (κ1) is 15.2. The van der Waals surface area contributed by atoms with Crippen LogP contribution in [0.1, 0.15) is 25.2 Å². The number of nitrogens with zero attached hydrogens (tertiary/aromatic N) is 4. The summed E-state index contributed by atoms with van der Waals surface area (Å²) in [6, 6.07) is 3.29. The molecular formula is C14H21N5O2. The molecule has 0 aliphatic rings. The third-order valence-electron chi connectivity index (χ3n) is 2.95. The molecule has 0 spiro atoms. The van der Waals surface area contributed by atoms with Gasteiger partial charge in [0, 0.05) is 18.7 Å². The SMILES string of the molecule is CCn1nc(C)cc1Cn1ncc(OCC(C)N)cc1=O. The van der Waals surface area contributed by atoms with E-state index in [1.54, 1.807) is 0 Å². The van der Waals surface area contributed by atoms with Crippen LogP contribution in [0.3, 0.4) is 0 Å². The quantitative estimate of drug-likeness (QED) is 0.839. The van der Waals surface area contributed by atoms with Crippen molar-refractivity contribution in [2.24, 2.45) is 5.73 Å². The van der Waals surface area contributed by atoms with Crippen molar-refractivity contribution in [1.29, 1.82) is 0 Å². The van der Waals surface area contributed by atoms with Gasteiger partial charge in [0.1, 0.15) is 12.4 Å². The average molecular weight is 291 g/mol. The van der Waals surface area contributed by atoms with Crippen molar-refractivity contribution in [3.05, 3.63) is 40.1 Å². The molecule has 7 nitrogen and oxygen atoms in total. The Kier molecular flexibility index (Phi) is 4.74. The molecule has 0 aliphatic carbocycles. The van der Waals surface area contributed by atoms with Crippen molar-refractivity contribution in [3.63, 3.8) is 0 Å². The van der Waals surface area contributed by atoms with E-state index < -0.39 is 0 Å². The summed E-state index contributed by atoms with van der Waals surface area (Å²) in [7, 11) is 0. The molecule has 0 aliphatic heterocycles. The maximum Gasteiger partial charge on any atom is 0.270 e. The summed E-state index contributed by atoms with van der Waals surface area (Å²) in [6.45, 7) is 7.28. The maximum absolute atomic E-state index is 12.1. The highest BCUT2D eigenvalue weighted by Crippen LogP contribution is 2.07. The van der Waals surface area contributed by atoms with E-state index in [0.29, 0.717) is 18.9 Å². The van der Waals surface area contributed by atoms with E-state index in [2.05, 4.69) is 10.2 Å². The largest absolute Gasteiger partial charge is 0.490 e. The highest BCUT2D eigenvalue weighted by molar-refractivity contribution is 5.15. The Labute approximate surface area is 123 Å². The molecule has 0 saturated heterocycles. The van der Waals surface area contributed by atoms with E-state index in [1.165, 1.54) is 16.9 Å². The van der Waals surface area contributed by atoms with Crippen molar-refractivity contribution in [3.8, 4) is 5.75 Å². The van der Waals surface area contributed by atoms with E-state index in [-0.39, 0.29) is 11.6 Å². The molecule has 1 atom stereocenters. The Morgan fingerprint density at radius 3 is 2.76 bits per heavy atom. The molecular weight excluding hydrogens is 270 g/mol. The molecule has 2 aromatic rings. The van der Waals surface area contributed by atoms with Crippen LogP contribution >= 0.6 is 0 Å². The van der Waals surface area contributed by atoms with Gasteiger partial charge < -0.3 is 10.5 Å². The number of nitrogens with two attached hydrogens (primary N) is 1. The lowest BCUT2D eigenvalue weighted by atomic mass is 10.3. The Hall–Kier alpha value is -2.15. The highest BCUT2D eigenvalue weighted by atomic mass is 16.5. The summed E-state index contributed by atoms with van der Waals surface area (Å²) >= 11 is 0. The number of aromatic nitrogens is 4. The molecule has 0 bridgehead atoms. The van der Waals surface area contributed by atoms with E-state index in [4.69, 9.17) is 10.5 Å². The van der Waals surface area contributed by atoms with E-state index in [1.807, 2.05) is 31.5 Å². The van der Waals surface area contributed by atoms with Crippen LogP contribution < -0.4 is 16.0 Å². The number of hydrogen-bond acceptors (Lipinski definition) is 5. The van der Waals surface area contributed by atoms with Crippen molar-refractivity contribution in [1.82, 2.24) is 19.6 Å². The van der Waals surface area contributed by atoms with E-state index >= 15 is 0 Å². The fraction of sp³-hybridized carbons (Fsp3) is 0.500. The molecule has 2 rings (SSSR count). The lowest BCUT2D eigenvalue weighted by Gasteiger charge is -2.10. The summed E-state index contributed by atoms with van der Waals surface area (Å²) in [5.74, 6) is 0.439. The van der Waals surface area contributed by atoms with Crippen molar-refractivity contribution in [2.45, 2.75) is 39.9 Å². The summed E-state index contributed by atoms with van der Waals surface area (Å²) in [5, 5.41) is 8.49. The highest BCUT2D eigenvalue weighted by Gasteiger charge is 2.08. The molecule has 0 amide bonds. The van der Waals surface area contributed by atoms with E-state index in [0.717, 1.165) is 17.9 Å². The van der Waals surface area contributed by atoms with E-state index in [9.17, 15) is 4.79 Å². The predicted octanol–water partition coefficient (Wildman–Crippen LogP) is 0.542. The molecule has 7 heteroatoms. The molecule has 2 N–H and O–H groups in total. The van der Waals surface area contributed by atoms with Crippen LogP contribution in [0.4, 0.5) is 0 Å². The maximum atomic E-state index is 12.1. The van der Waals surface area contributed by atoms with Crippen molar-refractivity contribution >= 4 is 0 Å². The third-order valence-corrected chi connectivity index (χ3v) is 2.95. The van der Waals surface area contributed by atoms with Gasteiger partial charge in [0.25, 0.3) is 5.56 Å². The first-order valence-electron chi connectivity index (χ1n) is 6.98. The fourth-order valence-electron chi connectivity index (χ4n) is 2.00. The van der Waals surface area contributed by atoms with Gasteiger partial charge in [-0.15, -0.1) is 0 Å². The Balaban J connectivity index is 2.15. The van der Waals surface area contributed by atoms with Crippen molar-refractivity contribution in [2.75, 3.05) is 6.61 Å². The van der Waals surface area contributed by atoms with Gasteiger partial charge >= 0.3 is 0 Å². The fourth-order valence-corrected chi connectivity index (χ4v) is 2.00. The minimum Gasteiger partial charge on any atom is -0.490 e. The van der Waals surface area contributed by atoms with Gasteiger partial charge in [-0.2, -0.15) is 10.2 Å². The molecule has 0 saturated carbocycles. The predicted molar refractivity (Wildman–Crippen MR) is 79.4 cm³/mol. The molecule has 114 valence electrons. The third kappa shape index (κ3) is 3.91. The van der Waals surface area contributed by atoms with Gasteiger partial charge in [0.15, 0.2) is 0 Å². The van der Waals surface area contributed by atoms with Gasteiger partial charge in [-0.3, -0.25) is 9.48 Å². The van der Waals surface area contributed by atoms with Crippen LogP contribution in [0, 0.1) is 6.92 Å². The second kappa shape index (κ2) is 6.53.